The number of rotatable bonds is 4. The highest BCUT2D eigenvalue weighted by Gasteiger charge is 2.28. The average Bonchev–Trinajstić information content (AvgIpc) is 2.48. The Morgan fingerprint density at radius 3 is 2.81 bits per heavy atom. The highest BCUT2D eigenvalue weighted by Crippen LogP contribution is 2.16. The summed E-state index contributed by atoms with van der Waals surface area (Å²) in [5.74, 6) is -0.653. The van der Waals surface area contributed by atoms with Crippen LogP contribution in [0.3, 0.4) is 0 Å². The SMILES string of the molecule is Cc1ccc(OCC(=O)N2CCO[C@H](C(=O)O)C2)cc1C. The molecule has 1 atom stereocenters. The van der Waals surface area contributed by atoms with Crippen LogP contribution in [0.5, 0.6) is 5.75 Å². The van der Waals surface area contributed by atoms with E-state index >= 15 is 0 Å². The summed E-state index contributed by atoms with van der Waals surface area (Å²) in [6.45, 7) is 4.55. The Balaban J connectivity index is 1.89. The second kappa shape index (κ2) is 6.58. The van der Waals surface area contributed by atoms with Gasteiger partial charge in [-0.2, -0.15) is 0 Å². The van der Waals surface area contributed by atoms with Gasteiger partial charge in [-0.3, -0.25) is 4.79 Å². The van der Waals surface area contributed by atoms with Gasteiger partial charge in [-0.25, -0.2) is 4.79 Å². The van der Waals surface area contributed by atoms with Crippen molar-refractivity contribution in [2.75, 3.05) is 26.3 Å². The number of ether oxygens (including phenoxy) is 2. The molecule has 1 aliphatic rings. The van der Waals surface area contributed by atoms with E-state index in [0.29, 0.717) is 12.3 Å². The molecule has 1 aromatic rings. The summed E-state index contributed by atoms with van der Waals surface area (Å²) >= 11 is 0. The van der Waals surface area contributed by atoms with E-state index < -0.39 is 12.1 Å². The standard InChI is InChI=1S/C15H19NO5/c1-10-3-4-12(7-11(10)2)21-9-14(17)16-5-6-20-13(8-16)15(18)19/h3-4,7,13H,5-6,8-9H2,1-2H3,(H,18,19)/t13-/m0/s1. The van der Waals surface area contributed by atoms with Crippen molar-refractivity contribution in [2.24, 2.45) is 0 Å². The number of hydrogen-bond donors (Lipinski definition) is 1. The fourth-order valence-corrected chi connectivity index (χ4v) is 2.07. The van der Waals surface area contributed by atoms with Gasteiger partial charge >= 0.3 is 5.97 Å². The van der Waals surface area contributed by atoms with Gasteiger partial charge in [0, 0.05) is 6.54 Å². The van der Waals surface area contributed by atoms with E-state index in [1.54, 1.807) is 0 Å². The molecule has 1 fully saturated rings. The number of morpholine rings is 1. The molecule has 0 spiro atoms. The van der Waals surface area contributed by atoms with Gasteiger partial charge in [-0.1, -0.05) is 6.07 Å². The lowest BCUT2D eigenvalue weighted by Crippen LogP contribution is -2.49. The lowest BCUT2D eigenvalue weighted by Gasteiger charge is -2.30. The van der Waals surface area contributed by atoms with Crippen molar-refractivity contribution in [1.29, 1.82) is 0 Å². The molecule has 1 aromatic carbocycles. The number of carboxylic acid groups (broad SMARTS) is 1. The summed E-state index contributed by atoms with van der Waals surface area (Å²) in [6.07, 6.45) is -0.954. The second-order valence-electron chi connectivity index (χ2n) is 5.07. The Labute approximate surface area is 123 Å². The smallest absolute Gasteiger partial charge is 0.334 e. The molecule has 1 amide bonds. The summed E-state index contributed by atoms with van der Waals surface area (Å²) in [5, 5.41) is 8.91. The molecule has 0 radical (unpaired) electrons. The van der Waals surface area contributed by atoms with Crippen LogP contribution in [-0.4, -0.2) is 54.3 Å². The predicted molar refractivity (Wildman–Crippen MR) is 75.4 cm³/mol. The maximum atomic E-state index is 12.0. The molecule has 114 valence electrons. The van der Waals surface area contributed by atoms with Gasteiger partial charge in [0.25, 0.3) is 5.91 Å². The topological polar surface area (TPSA) is 76.1 Å². The maximum Gasteiger partial charge on any atom is 0.334 e. The van der Waals surface area contributed by atoms with Crippen molar-refractivity contribution >= 4 is 11.9 Å². The Bertz CT molecular complexity index is 543. The van der Waals surface area contributed by atoms with Gasteiger partial charge in [-0.05, 0) is 37.1 Å². The largest absolute Gasteiger partial charge is 0.484 e. The maximum absolute atomic E-state index is 12.0. The first-order valence-electron chi connectivity index (χ1n) is 6.79. The van der Waals surface area contributed by atoms with E-state index in [9.17, 15) is 9.59 Å². The summed E-state index contributed by atoms with van der Waals surface area (Å²) in [6, 6.07) is 5.63. The first-order valence-corrected chi connectivity index (χ1v) is 6.79. The highest BCUT2D eigenvalue weighted by atomic mass is 16.5. The van der Waals surface area contributed by atoms with E-state index in [4.69, 9.17) is 14.6 Å². The van der Waals surface area contributed by atoms with E-state index in [-0.39, 0.29) is 25.7 Å². The van der Waals surface area contributed by atoms with Crippen LogP contribution in [0.25, 0.3) is 0 Å². The monoisotopic (exact) mass is 293 g/mol. The van der Waals surface area contributed by atoms with E-state index in [1.165, 1.54) is 4.90 Å². The van der Waals surface area contributed by atoms with E-state index in [2.05, 4.69) is 0 Å². The second-order valence-corrected chi connectivity index (χ2v) is 5.07. The lowest BCUT2D eigenvalue weighted by molar-refractivity contribution is -0.159. The summed E-state index contributed by atoms with van der Waals surface area (Å²) in [4.78, 5) is 24.4. The van der Waals surface area contributed by atoms with Crippen LogP contribution >= 0.6 is 0 Å². The third kappa shape index (κ3) is 3.95. The van der Waals surface area contributed by atoms with Gasteiger partial charge < -0.3 is 19.5 Å². The van der Waals surface area contributed by atoms with Crippen molar-refractivity contribution in [3.05, 3.63) is 29.3 Å². The van der Waals surface area contributed by atoms with Gasteiger partial charge in [0.05, 0.1) is 13.2 Å². The molecule has 0 unspecified atom stereocenters. The Morgan fingerprint density at radius 1 is 1.38 bits per heavy atom. The normalized spacial score (nSPS) is 18.4. The van der Waals surface area contributed by atoms with Crippen LogP contribution in [0, 0.1) is 13.8 Å². The van der Waals surface area contributed by atoms with Crippen LogP contribution in [0.4, 0.5) is 0 Å². The number of aryl methyl sites for hydroxylation is 2. The van der Waals surface area contributed by atoms with E-state index in [1.807, 2.05) is 32.0 Å². The fourth-order valence-electron chi connectivity index (χ4n) is 2.07. The average molecular weight is 293 g/mol. The van der Waals surface area contributed by atoms with Crippen molar-refractivity contribution in [3.63, 3.8) is 0 Å². The van der Waals surface area contributed by atoms with Gasteiger partial charge in [0.15, 0.2) is 12.7 Å². The highest BCUT2D eigenvalue weighted by molar-refractivity contribution is 5.79. The molecule has 0 saturated carbocycles. The number of carboxylic acids is 1. The quantitative estimate of drug-likeness (QED) is 0.896. The number of hydrogen-bond acceptors (Lipinski definition) is 4. The van der Waals surface area contributed by atoms with Crippen molar-refractivity contribution < 1.29 is 24.2 Å². The molecule has 1 aliphatic heterocycles. The Hall–Kier alpha value is -2.08. The number of nitrogens with zero attached hydrogens (tertiary/aromatic N) is 1. The van der Waals surface area contributed by atoms with E-state index in [0.717, 1.165) is 11.1 Å². The molecule has 1 saturated heterocycles. The number of benzene rings is 1. The van der Waals surface area contributed by atoms with Crippen LogP contribution in [0.15, 0.2) is 18.2 Å². The minimum atomic E-state index is -1.05. The zero-order valence-corrected chi connectivity index (χ0v) is 12.2. The van der Waals surface area contributed by atoms with Gasteiger partial charge in [0.1, 0.15) is 5.75 Å². The third-order valence-corrected chi connectivity index (χ3v) is 3.54. The molecule has 0 aromatic heterocycles. The first-order chi connectivity index (χ1) is 9.97. The molecular formula is C15H19NO5. The van der Waals surface area contributed by atoms with Crippen molar-refractivity contribution in [3.8, 4) is 5.75 Å². The number of aliphatic carboxylic acids is 1. The molecule has 1 heterocycles. The van der Waals surface area contributed by atoms with Crippen molar-refractivity contribution in [2.45, 2.75) is 20.0 Å². The predicted octanol–water partition coefficient (Wildman–Crippen LogP) is 0.994. The minimum absolute atomic E-state index is 0.0600. The Kier molecular flexibility index (Phi) is 4.80. The zero-order chi connectivity index (χ0) is 15.4. The van der Waals surface area contributed by atoms with Crippen molar-refractivity contribution in [1.82, 2.24) is 4.90 Å². The van der Waals surface area contributed by atoms with Crippen LogP contribution in [0.2, 0.25) is 0 Å². The van der Waals surface area contributed by atoms with Crippen LogP contribution < -0.4 is 4.74 Å². The molecule has 0 bridgehead atoms. The molecular weight excluding hydrogens is 274 g/mol. The molecule has 6 heteroatoms. The molecule has 2 rings (SSSR count). The van der Waals surface area contributed by atoms with Crippen LogP contribution in [-0.2, 0) is 14.3 Å². The molecule has 1 N–H and O–H groups in total. The summed E-state index contributed by atoms with van der Waals surface area (Å²) in [7, 11) is 0. The zero-order valence-electron chi connectivity index (χ0n) is 12.2. The fraction of sp³-hybridized carbons (Fsp3) is 0.467. The molecule has 6 nitrogen and oxygen atoms in total. The minimum Gasteiger partial charge on any atom is -0.484 e. The summed E-state index contributed by atoms with van der Waals surface area (Å²) in [5.41, 5.74) is 2.25. The lowest BCUT2D eigenvalue weighted by atomic mass is 10.1. The van der Waals surface area contributed by atoms with Crippen LogP contribution in [0.1, 0.15) is 11.1 Å². The molecule has 21 heavy (non-hydrogen) atoms. The first kappa shape index (κ1) is 15.3. The number of carbonyl (C=O) groups excluding carboxylic acids is 1. The number of carbonyl (C=O) groups is 2. The third-order valence-electron chi connectivity index (χ3n) is 3.54. The molecule has 0 aliphatic carbocycles. The van der Waals surface area contributed by atoms with Gasteiger partial charge in [0.2, 0.25) is 0 Å². The van der Waals surface area contributed by atoms with Gasteiger partial charge in [-0.15, -0.1) is 0 Å². The summed E-state index contributed by atoms with van der Waals surface area (Å²) < 4.78 is 10.6. The Morgan fingerprint density at radius 2 is 2.14 bits per heavy atom. The number of amides is 1.